The van der Waals surface area contributed by atoms with Gasteiger partial charge in [0.15, 0.2) is 0 Å². The van der Waals surface area contributed by atoms with E-state index in [1.54, 1.807) is 0 Å². The van der Waals surface area contributed by atoms with Crippen LogP contribution in [0, 0.1) is 5.92 Å². The lowest BCUT2D eigenvalue weighted by Crippen LogP contribution is -2.55. The summed E-state index contributed by atoms with van der Waals surface area (Å²) >= 11 is 0. The summed E-state index contributed by atoms with van der Waals surface area (Å²) < 4.78 is 6.05. The molecule has 76 valence electrons. The van der Waals surface area contributed by atoms with Crippen LogP contribution in [0.2, 0.25) is 0 Å². The molecule has 3 fully saturated rings. The predicted molar refractivity (Wildman–Crippen MR) is 53.8 cm³/mol. The molecule has 2 heterocycles. The van der Waals surface area contributed by atoms with Gasteiger partial charge in [0.05, 0.1) is 11.7 Å². The maximum Gasteiger partial charge on any atom is 0.0763 e. The van der Waals surface area contributed by atoms with Crippen molar-refractivity contribution in [1.82, 2.24) is 5.32 Å². The maximum absolute atomic E-state index is 6.05. The van der Waals surface area contributed by atoms with E-state index in [1.807, 2.05) is 0 Å². The molecular formula is C11H21NO. The molecule has 0 aromatic carbocycles. The second kappa shape index (κ2) is 3.25. The van der Waals surface area contributed by atoms with E-state index in [1.165, 1.54) is 25.7 Å². The van der Waals surface area contributed by atoms with E-state index in [0.29, 0.717) is 12.1 Å². The average molecular weight is 183 g/mol. The van der Waals surface area contributed by atoms with Crippen molar-refractivity contribution in [2.45, 2.75) is 57.3 Å². The molecule has 3 aliphatic rings. The molecule has 0 radical (unpaired) electrons. The quantitative estimate of drug-likeness (QED) is 0.706. The van der Waals surface area contributed by atoms with Crippen LogP contribution in [-0.4, -0.2) is 24.8 Å². The second-order valence-electron chi connectivity index (χ2n) is 4.84. The minimum atomic E-state index is 0.260. The zero-order valence-corrected chi connectivity index (χ0v) is 8.97. The lowest BCUT2D eigenvalue weighted by Gasteiger charge is -2.48. The highest BCUT2D eigenvalue weighted by Crippen LogP contribution is 2.46. The topological polar surface area (TPSA) is 21.3 Å². The largest absolute Gasteiger partial charge is 0.370 e. The summed E-state index contributed by atoms with van der Waals surface area (Å²) in [6.45, 7) is 4.61. The van der Waals surface area contributed by atoms with Crippen LogP contribution in [0.5, 0.6) is 0 Å². The fourth-order valence-corrected chi connectivity index (χ4v) is 3.01. The summed E-state index contributed by atoms with van der Waals surface area (Å²) in [6, 6.07) is 0.595. The number of hydrogen-bond donors (Lipinski definition) is 1. The Hall–Kier alpha value is -0.0800. The fourth-order valence-electron chi connectivity index (χ4n) is 3.01. The predicted octanol–water partition coefficient (Wildman–Crippen LogP) is 1.94. The van der Waals surface area contributed by atoms with Crippen molar-refractivity contribution in [2.75, 3.05) is 7.05 Å². The first-order valence-electron chi connectivity index (χ1n) is 5.54. The summed E-state index contributed by atoms with van der Waals surface area (Å²) in [4.78, 5) is 0. The minimum absolute atomic E-state index is 0.260. The van der Waals surface area contributed by atoms with Gasteiger partial charge in [0, 0.05) is 12.5 Å². The van der Waals surface area contributed by atoms with Crippen LogP contribution in [-0.2, 0) is 4.74 Å². The zero-order chi connectivity index (χ0) is 9.47. The van der Waals surface area contributed by atoms with Crippen LogP contribution in [0.4, 0.5) is 0 Å². The van der Waals surface area contributed by atoms with Crippen molar-refractivity contribution in [3.05, 3.63) is 0 Å². The first kappa shape index (κ1) is 9.47. The molecular weight excluding hydrogens is 162 g/mol. The molecule has 1 aliphatic carbocycles. The first-order valence-corrected chi connectivity index (χ1v) is 5.54. The molecule has 2 heteroatoms. The molecule has 0 amide bonds. The molecule has 2 saturated heterocycles. The van der Waals surface area contributed by atoms with Gasteiger partial charge in [0.2, 0.25) is 0 Å². The highest BCUT2D eigenvalue weighted by molar-refractivity contribution is 5.02. The Labute approximate surface area is 81.0 Å². The Morgan fingerprint density at radius 2 is 2.15 bits per heavy atom. The van der Waals surface area contributed by atoms with Crippen molar-refractivity contribution >= 4 is 0 Å². The van der Waals surface area contributed by atoms with E-state index in [-0.39, 0.29) is 5.60 Å². The fraction of sp³-hybridized carbons (Fsp3) is 1.00. The molecule has 0 aromatic heterocycles. The highest BCUT2D eigenvalue weighted by atomic mass is 16.5. The third-order valence-corrected chi connectivity index (χ3v) is 3.82. The number of rotatable bonds is 2. The van der Waals surface area contributed by atoms with Gasteiger partial charge >= 0.3 is 0 Å². The molecule has 1 unspecified atom stereocenters. The maximum atomic E-state index is 6.05. The van der Waals surface area contributed by atoms with Crippen LogP contribution in [0.3, 0.4) is 0 Å². The molecule has 3 rings (SSSR count). The second-order valence-corrected chi connectivity index (χ2v) is 4.84. The van der Waals surface area contributed by atoms with E-state index >= 15 is 0 Å². The van der Waals surface area contributed by atoms with Gasteiger partial charge in [0.1, 0.15) is 0 Å². The summed E-state index contributed by atoms with van der Waals surface area (Å²) in [5.74, 6) is 0.810. The Bertz CT molecular complexity index is 187. The van der Waals surface area contributed by atoms with Crippen LogP contribution in [0.25, 0.3) is 0 Å². The van der Waals surface area contributed by atoms with Gasteiger partial charge < -0.3 is 10.1 Å². The van der Waals surface area contributed by atoms with Gasteiger partial charge in [-0.2, -0.15) is 0 Å². The van der Waals surface area contributed by atoms with Gasteiger partial charge in [0.25, 0.3) is 0 Å². The summed E-state index contributed by atoms with van der Waals surface area (Å²) in [5.41, 5.74) is 0.260. The van der Waals surface area contributed by atoms with Gasteiger partial charge in [-0.05, 0) is 32.2 Å². The standard InChI is InChI=1S/C11H21NO/c1-4-11-6-8(2)5-9(12-3)10(7-11)13-11/h8-10,12H,4-7H2,1-3H3/t8-,9-,10+,11?/m1/s1. The van der Waals surface area contributed by atoms with Gasteiger partial charge in [-0.3, -0.25) is 0 Å². The molecule has 2 bridgehead atoms. The molecule has 0 aromatic rings. The summed E-state index contributed by atoms with van der Waals surface area (Å²) in [7, 11) is 2.05. The summed E-state index contributed by atoms with van der Waals surface area (Å²) in [6.07, 6.45) is 5.50. The van der Waals surface area contributed by atoms with Gasteiger partial charge in [-0.15, -0.1) is 0 Å². The molecule has 13 heavy (non-hydrogen) atoms. The normalized spacial score (nSPS) is 49.6. The van der Waals surface area contributed by atoms with Crippen LogP contribution < -0.4 is 5.32 Å². The van der Waals surface area contributed by atoms with Crippen molar-refractivity contribution in [1.29, 1.82) is 0 Å². The van der Waals surface area contributed by atoms with Gasteiger partial charge in [-0.25, -0.2) is 0 Å². The van der Waals surface area contributed by atoms with Crippen LogP contribution >= 0.6 is 0 Å². The molecule has 4 atom stereocenters. The van der Waals surface area contributed by atoms with E-state index in [9.17, 15) is 0 Å². The number of ether oxygens (including phenoxy) is 1. The van der Waals surface area contributed by atoms with E-state index in [0.717, 1.165) is 5.92 Å². The summed E-state index contributed by atoms with van der Waals surface area (Å²) in [5, 5.41) is 3.38. The first-order chi connectivity index (χ1) is 6.19. The van der Waals surface area contributed by atoms with Crippen molar-refractivity contribution in [2.24, 2.45) is 5.92 Å². The molecule has 1 N–H and O–H groups in total. The highest BCUT2D eigenvalue weighted by Gasteiger charge is 2.50. The molecule has 0 spiro atoms. The Balaban J connectivity index is 2.06. The third kappa shape index (κ3) is 1.50. The molecule has 2 aliphatic heterocycles. The van der Waals surface area contributed by atoms with Crippen molar-refractivity contribution in [3.63, 3.8) is 0 Å². The third-order valence-electron chi connectivity index (χ3n) is 3.82. The SMILES string of the molecule is CCC12C[C@H](C)C[C@@H](NC)[C@H](C1)O2. The van der Waals surface area contributed by atoms with Crippen molar-refractivity contribution < 1.29 is 4.74 Å². The van der Waals surface area contributed by atoms with E-state index in [4.69, 9.17) is 4.74 Å². The average Bonchev–Trinajstić information content (AvgIpc) is 2.28. The number of likely N-dealkylation sites (N-methyl/N-ethyl adjacent to an activating group) is 1. The molecule has 2 nitrogen and oxygen atoms in total. The van der Waals surface area contributed by atoms with Gasteiger partial charge in [-0.1, -0.05) is 13.8 Å². The minimum Gasteiger partial charge on any atom is -0.370 e. The Morgan fingerprint density at radius 1 is 1.46 bits per heavy atom. The van der Waals surface area contributed by atoms with E-state index < -0.39 is 0 Å². The Morgan fingerprint density at radius 3 is 2.69 bits per heavy atom. The van der Waals surface area contributed by atoms with E-state index in [2.05, 4.69) is 26.2 Å². The zero-order valence-electron chi connectivity index (χ0n) is 8.97. The smallest absolute Gasteiger partial charge is 0.0763 e. The number of hydrogen-bond acceptors (Lipinski definition) is 2. The Kier molecular flexibility index (Phi) is 2.37. The lowest BCUT2D eigenvalue weighted by molar-refractivity contribution is -0.211. The van der Waals surface area contributed by atoms with Crippen LogP contribution in [0.15, 0.2) is 0 Å². The number of fused-ring (bicyclic) bond motifs is 3. The lowest BCUT2D eigenvalue weighted by atomic mass is 9.82. The molecule has 1 saturated carbocycles. The monoisotopic (exact) mass is 183 g/mol. The van der Waals surface area contributed by atoms with Crippen molar-refractivity contribution in [3.8, 4) is 0 Å². The number of nitrogens with one attached hydrogen (secondary N) is 1. The van der Waals surface area contributed by atoms with Crippen LogP contribution in [0.1, 0.15) is 39.5 Å².